The first-order valence-electron chi connectivity index (χ1n) is 13.3. The monoisotopic (exact) mass is 468 g/mol. The summed E-state index contributed by atoms with van der Waals surface area (Å²) in [6.45, 7) is -0.288. The van der Waals surface area contributed by atoms with Crippen LogP contribution in [0.3, 0.4) is 0 Å². The van der Waals surface area contributed by atoms with Gasteiger partial charge in [-0.05, 0) is 59.8 Å². The Bertz CT molecular complexity index is 1930. The largest absolute Gasteiger partial charge is 0.454 e. The van der Waals surface area contributed by atoms with Gasteiger partial charge in [0.1, 0.15) is 18.2 Å². The summed E-state index contributed by atoms with van der Waals surface area (Å²) in [5.74, 6) is 0. The molecule has 6 rings (SSSR count). The first-order chi connectivity index (χ1) is 18.8. The summed E-state index contributed by atoms with van der Waals surface area (Å²) in [5.41, 5.74) is 7.73. The van der Waals surface area contributed by atoms with Gasteiger partial charge in [0.25, 0.3) is 0 Å². The number of benzene rings is 4. The van der Waals surface area contributed by atoms with Gasteiger partial charge in [-0.3, -0.25) is 0 Å². The van der Waals surface area contributed by atoms with Crippen LogP contribution in [0.4, 0.5) is 0 Å². The zero-order valence-electron chi connectivity index (χ0n) is 23.0. The van der Waals surface area contributed by atoms with E-state index in [2.05, 4.69) is 29.7 Å². The van der Waals surface area contributed by atoms with Gasteiger partial charge in [0, 0.05) is 32.6 Å². The lowest BCUT2D eigenvalue weighted by molar-refractivity contribution is -0.660. The zero-order chi connectivity index (χ0) is 27.3. The number of fused-ring (bicyclic) bond motifs is 3. The molecule has 0 saturated carbocycles. The third kappa shape index (κ3) is 3.39. The summed E-state index contributed by atoms with van der Waals surface area (Å²) in [6.07, 6.45) is 2.00. The number of furan rings is 1. The van der Waals surface area contributed by atoms with Crippen LogP contribution >= 0.6 is 0 Å². The van der Waals surface area contributed by atoms with E-state index < -0.39 is 6.85 Å². The molecule has 3 heteroatoms. The number of hydrogen-bond donors (Lipinski definition) is 0. The molecule has 2 heterocycles. The molecule has 0 aliphatic carbocycles. The molecule has 3 nitrogen and oxygen atoms in total. The molecule has 0 spiro atoms. The van der Waals surface area contributed by atoms with Gasteiger partial charge in [-0.15, -0.1) is 0 Å². The van der Waals surface area contributed by atoms with Crippen molar-refractivity contribution in [3.63, 3.8) is 0 Å². The zero-order valence-corrected chi connectivity index (χ0v) is 20.0. The molecule has 0 N–H and O–H groups in total. The number of aromatic nitrogens is 1. The van der Waals surface area contributed by atoms with Gasteiger partial charge < -0.3 is 4.42 Å². The van der Waals surface area contributed by atoms with E-state index >= 15 is 0 Å². The minimum absolute atomic E-state index is 0.232. The molecule has 0 amide bonds. The van der Waals surface area contributed by atoms with Crippen LogP contribution in [0.1, 0.15) is 20.8 Å². The second kappa shape index (κ2) is 8.52. The van der Waals surface area contributed by atoms with Crippen molar-refractivity contribution in [2.75, 3.05) is 0 Å². The van der Waals surface area contributed by atoms with Crippen molar-refractivity contribution in [1.82, 2.24) is 0 Å². The van der Waals surface area contributed by atoms with E-state index in [0.717, 1.165) is 38.7 Å². The standard InChI is InChI=1S/C33H25N2O/c1-21-12-15-27-28-17-14-25(20-34)31(24-13-16-26(22(2)19-24)23-9-5-4-6-10-23)33(28)36-32(27)30(21)29-11-7-8-18-35(29)3/h4-19H,1-3H3/q+1/i2D3. The van der Waals surface area contributed by atoms with Gasteiger partial charge in [-0.1, -0.05) is 60.7 Å². The first kappa shape index (κ1) is 18.6. The van der Waals surface area contributed by atoms with Gasteiger partial charge in [0.2, 0.25) is 5.69 Å². The summed E-state index contributed by atoms with van der Waals surface area (Å²) in [7, 11) is 2.00. The molecule has 0 bridgehead atoms. The number of pyridine rings is 1. The predicted octanol–water partition coefficient (Wildman–Crippen LogP) is 7.90. The molecular weight excluding hydrogens is 440 g/mol. The average molecular weight is 469 g/mol. The Morgan fingerprint density at radius 2 is 1.53 bits per heavy atom. The van der Waals surface area contributed by atoms with Gasteiger partial charge >= 0.3 is 0 Å². The van der Waals surface area contributed by atoms with Crippen LogP contribution in [0.25, 0.3) is 55.4 Å². The van der Waals surface area contributed by atoms with Crippen molar-refractivity contribution in [3.8, 4) is 39.6 Å². The Balaban J connectivity index is 1.67. The number of nitriles is 1. The SMILES string of the molecule is [2H]C([2H])([2H])c1cc(-c2c(C#N)ccc3c2oc2c(-c4cccc[n+]4C)c(C)ccc23)ccc1-c1ccccc1. The molecule has 172 valence electrons. The number of aryl methyl sites for hydroxylation is 3. The fraction of sp³-hybridized carbons (Fsp3) is 0.0909. The summed E-state index contributed by atoms with van der Waals surface area (Å²) in [6, 6.07) is 31.0. The number of rotatable bonds is 3. The molecule has 36 heavy (non-hydrogen) atoms. The molecule has 4 aromatic carbocycles. The molecule has 0 radical (unpaired) electrons. The highest BCUT2D eigenvalue weighted by Crippen LogP contribution is 2.42. The van der Waals surface area contributed by atoms with Crippen LogP contribution in [-0.2, 0) is 7.05 Å². The van der Waals surface area contributed by atoms with E-state index in [4.69, 9.17) is 8.53 Å². The lowest BCUT2D eigenvalue weighted by atomic mass is 9.92. The fourth-order valence-corrected chi connectivity index (χ4v) is 5.05. The molecule has 0 aliphatic heterocycles. The highest BCUT2D eigenvalue weighted by atomic mass is 16.3. The number of nitrogens with zero attached hydrogens (tertiary/aromatic N) is 2. The Kier molecular flexibility index (Phi) is 4.41. The smallest absolute Gasteiger partial charge is 0.216 e. The van der Waals surface area contributed by atoms with Crippen LogP contribution in [0, 0.1) is 25.1 Å². The maximum Gasteiger partial charge on any atom is 0.216 e. The molecule has 0 aliphatic rings. The maximum atomic E-state index is 10.1. The third-order valence-electron chi connectivity index (χ3n) is 6.84. The first-order valence-corrected chi connectivity index (χ1v) is 11.8. The van der Waals surface area contributed by atoms with Gasteiger partial charge in [0.05, 0.1) is 17.2 Å². The van der Waals surface area contributed by atoms with Crippen LogP contribution in [0.5, 0.6) is 0 Å². The normalized spacial score (nSPS) is 12.8. The van der Waals surface area contributed by atoms with Gasteiger partial charge in [0.15, 0.2) is 6.20 Å². The second-order valence-corrected chi connectivity index (χ2v) is 9.04. The molecule has 0 atom stereocenters. The van der Waals surface area contributed by atoms with Crippen LogP contribution < -0.4 is 4.57 Å². The highest BCUT2D eigenvalue weighted by Gasteiger charge is 2.23. The van der Waals surface area contributed by atoms with Crippen LogP contribution in [0.2, 0.25) is 0 Å². The van der Waals surface area contributed by atoms with Crippen molar-refractivity contribution >= 4 is 21.9 Å². The van der Waals surface area contributed by atoms with E-state index in [0.29, 0.717) is 27.8 Å². The predicted molar refractivity (Wildman–Crippen MR) is 145 cm³/mol. The van der Waals surface area contributed by atoms with E-state index in [1.54, 1.807) is 12.1 Å². The summed E-state index contributed by atoms with van der Waals surface area (Å²) in [5, 5.41) is 11.9. The van der Waals surface area contributed by atoms with Gasteiger partial charge in [-0.25, -0.2) is 4.57 Å². The second-order valence-electron chi connectivity index (χ2n) is 9.04. The minimum Gasteiger partial charge on any atom is -0.454 e. The maximum absolute atomic E-state index is 10.1. The minimum atomic E-state index is -2.35. The van der Waals surface area contributed by atoms with Crippen LogP contribution in [-0.4, -0.2) is 0 Å². The number of hydrogen-bond acceptors (Lipinski definition) is 2. The van der Waals surface area contributed by atoms with E-state index in [9.17, 15) is 5.26 Å². The lowest BCUT2D eigenvalue weighted by Gasteiger charge is -2.11. The topological polar surface area (TPSA) is 40.8 Å². The Labute approximate surface area is 214 Å². The van der Waals surface area contributed by atoms with Gasteiger partial charge in [-0.2, -0.15) is 5.26 Å². The third-order valence-corrected chi connectivity index (χ3v) is 6.84. The average Bonchev–Trinajstić information content (AvgIpc) is 3.31. The van der Waals surface area contributed by atoms with Crippen molar-refractivity contribution in [2.45, 2.75) is 13.8 Å². The van der Waals surface area contributed by atoms with Crippen molar-refractivity contribution < 1.29 is 13.1 Å². The molecule has 6 aromatic rings. The molecular formula is C33H25N2O+. The van der Waals surface area contributed by atoms with E-state index in [1.165, 1.54) is 0 Å². The summed E-state index contributed by atoms with van der Waals surface area (Å²) >= 11 is 0. The van der Waals surface area contributed by atoms with E-state index in [1.807, 2.05) is 80.0 Å². The Morgan fingerprint density at radius 1 is 0.778 bits per heavy atom. The Morgan fingerprint density at radius 3 is 2.28 bits per heavy atom. The highest BCUT2D eigenvalue weighted by molar-refractivity contribution is 6.14. The molecule has 0 saturated heterocycles. The van der Waals surface area contributed by atoms with Crippen molar-refractivity contribution in [3.05, 3.63) is 114 Å². The summed E-state index contributed by atoms with van der Waals surface area (Å²) in [4.78, 5) is 0. The van der Waals surface area contributed by atoms with E-state index in [-0.39, 0.29) is 5.56 Å². The molecule has 0 unspecified atom stereocenters. The fourth-order valence-electron chi connectivity index (χ4n) is 5.05. The molecule has 0 fully saturated rings. The van der Waals surface area contributed by atoms with Crippen molar-refractivity contribution in [1.29, 1.82) is 5.26 Å². The Hall–Kier alpha value is -4.68. The lowest BCUT2D eigenvalue weighted by Crippen LogP contribution is -2.30. The van der Waals surface area contributed by atoms with Crippen LogP contribution in [0.15, 0.2) is 102 Å². The quantitative estimate of drug-likeness (QED) is 0.248. The summed E-state index contributed by atoms with van der Waals surface area (Å²) < 4.78 is 33.5. The molecule has 2 aromatic heterocycles. The van der Waals surface area contributed by atoms with Crippen molar-refractivity contribution in [2.24, 2.45) is 7.05 Å².